The molecule has 1 aliphatic carbocycles. The Labute approximate surface area is 188 Å². The highest BCUT2D eigenvalue weighted by atomic mass is 32.1. The Bertz CT molecular complexity index is 935. The number of thiophene rings is 1. The quantitative estimate of drug-likeness (QED) is 0.620. The summed E-state index contributed by atoms with van der Waals surface area (Å²) in [6.07, 6.45) is 6.61. The van der Waals surface area contributed by atoms with Crippen LogP contribution in [0.15, 0.2) is 24.3 Å². The number of anilines is 1. The molecule has 4 rings (SSSR count). The number of esters is 1. The molecule has 1 amide bonds. The monoisotopic (exact) mass is 440 g/mol. The third-order valence-electron chi connectivity index (χ3n) is 6.24. The summed E-state index contributed by atoms with van der Waals surface area (Å²) in [5.41, 5.74) is 3.46. The van der Waals surface area contributed by atoms with Gasteiger partial charge in [0.1, 0.15) is 5.00 Å². The molecule has 0 spiro atoms. The summed E-state index contributed by atoms with van der Waals surface area (Å²) in [6.45, 7) is 7.66. The summed E-state index contributed by atoms with van der Waals surface area (Å²) >= 11 is 1.53. The van der Waals surface area contributed by atoms with Crippen molar-refractivity contribution in [2.75, 3.05) is 25.0 Å². The van der Waals surface area contributed by atoms with Gasteiger partial charge in [-0.1, -0.05) is 19.1 Å². The van der Waals surface area contributed by atoms with E-state index in [0.717, 1.165) is 56.8 Å². The molecule has 166 valence electrons. The molecule has 1 N–H and O–H groups in total. The van der Waals surface area contributed by atoms with Gasteiger partial charge >= 0.3 is 5.97 Å². The van der Waals surface area contributed by atoms with Crippen LogP contribution in [0.1, 0.15) is 76.3 Å². The Balaban J connectivity index is 1.47. The van der Waals surface area contributed by atoms with Gasteiger partial charge in [0, 0.05) is 23.5 Å². The van der Waals surface area contributed by atoms with Crippen molar-refractivity contribution in [3.63, 3.8) is 0 Å². The van der Waals surface area contributed by atoms with Crippen molar-refractivity contribution in [2.45, 2.75) is 58.9 Å². The van der Waals surface area contributed by atoms with Gasteiger partial charge in [-0.2, -0.15) is 0 Å². The van der Waals surface area contributed by atoms with Crippen molar-refractivity contribution in [1.29, 1.82) is 0 Å². The first-order chi connectivity index (χ1) is 15.0. The summed E-state index contributed by atoms with van der Waals surface area (Å²) in [7, 11) is 0. The minimum absolute atomic E-state index is 0.178. The van der Waals surface area contributed by atoms with Crippen LogP contribution in [0.2, 0.25) is 0 Å². The van der Waals surface area contributed by atoms with Gasteiger partial charge in [0.05, 0.1) is 12.2 Å². The second-order valence-corrected chi connectivity index (χ2v) is 9.87. The molecule has 1 fully saturated rings. The molecule has 2 heterocycles. The summed E-state index contributed by atoms with van der Waals surface area (Å²) in [5, 5.41) is 3.62. The van der Waals surface area contributed by atoms with Gasteiger partial charge in [-0.05, 0) is 81.2 Å². The number of carbonyl (C=O) groups excluding carboxylic acids is 2. The molecule has 6 heteroatoms. The summed E-state index contributed by atoms with van der Waals surface area (Å²) in [4.78, 5) is 29.2. The van der Waals surface area contributed by atoms with Gasteiger partial charge < -0.3 is 10.1 Å². The van der Waals surface area contributed by atoms with Crippen LogP contribution in [0, 0.1) is 5.92 Å². The summed E-state index contributed by atoms with van der Waals surface area (Å²) in [6, 6.07) is 7.85. The topological polar surface area (TPSA) is 58.6 Å². The number of rotatable bonds is 6. The fourth-order valence-corrected chi connectivity index (χ4v) is 5.97. The first-order valence-electron chi connectivity index (χ1n) is 11.5. The Hall–Kier alpha value is -2.18. The Kier molecular flexibility index (Phi) is 7.08. The number of ether oxygens (including phenoxy) is 1. The van der Waals surface area contributed by atoms with Gasteiger partial charge in [0.2, 0.25) is 0 Å². The average molecular weight is 441 g/mol. The minimum Gasteiger partial charge on any atom is -0.462 e. The maximum absolute atomic E-state index is 12.9. The third kappa shape index (κ3) is 5.18. The van der Waals surface area contributed by atoms with Crippen molar-refractivity contribution >= 4 is 28.2 Å². The number of hydrogen-bond acceptors (Lipinski definition) is 5. The van der Waals surface area contributed by atoms with Crippen LogP contribution >= 0.6 is 11.3 Å². The number of benzene rings is 1. The van der Waals surface area contributed by atoms with Crippen LogP contribution in [0.4, 0.5) is 5.00 Å². The molecule has 2 aromatic rings. The molecule has 2 aliphatic rings. The first kappa shape index (κ1) is 22.0. The summed E-state index contributed by atoms with van der Waals surface area (Å²) < 4.78 is 5.29. The molecule has 1 atom stereocenters. The Morgan fingerprint density at radius 2 is 1.94 bits per heavy atom. The van der Waals surface area contributed by atoms with Gasteiger partial charge in [-0.15, -0.1) is 11.3 Å². The molecule has 0 saturated carbocycles. The molecule has 1 aliphatic heterocycles. The van der Waals surface area contributed by atoms with Crippen molar-refractivity contribution in [3.05, 3.63) is 51.4 Å². The SMILES string of the molecule is CCOC(=O)c1c(NC(=O)c2ccc(CN3CCC[C@H](C)C3)cc2)sc2c1CCCC2. The molecule has 0 bridgehead atoms. The van der Waals surface area contributed by atoms with Crippen molar-refractivity contribution in [3.8, 4) is 0 Å². The van der Waals surface area contributed by atoms with E-state index < -0.39 is 0 Å². The van der Waals surface area contributed by atoms with E-state index in [0.29, 0.717) is 22.7 Å². The molecule has 5 nitrogen and oxygen atoms in total. The molecule has 31 heavy (non-hydrogen) atoms. The van der Waals surface area contributed by atoms with E-state index in [2.05, 4.69) is 17.1 Å². The maximum atomic E-state index is 12.9. The third-order valence-corrected chi connectivity index (χ3v) is 7.45. The molecule has 0 unspecified atom stereocenters. The van der Waals surface area contributed by atoms with Crippen molar-refractivity contribution in [1.82, 2.24) is 4.90 Å². The first-order valence-corrected chi connectivity index (χ1v) is 12.3. The standard InChI is InChI=1S/C25H32N2O3S/c1-3-30-25(29)22-20-8-4-5-9-21(20)31-24(22)26-23(28)19-12-10-18(11-13-19)16-27-14-6-7-17(2)15-27/h10-13,17H,3-9,14-16H2,1-2H3,(H,26,28)/t17-/m0/s1. The second-order valence-electron chi connectivity index (χ2n) is 8.77. The Morgan fingerprint density at radius 1 is 1.16 bits per heavy atom. The zero-order valence-corrected chi connectivity index (χ0v) is 19.4. The van der Waals surface area contributed by atoms with Gasteiger partial charge in [-0.3, -0.25) is 9.69 Å². The molecule has 1 aromatic heterocycles. The molecular weight excluding hydrogens is 408 g/mol. The van der Waals surface area contributed by atoms with E-state index >= 15 is 0 Å². The zero-order valence-electron chi connectivity index (χ0n) is 18.5. The van der Waals surface area contributed by atoms with E-state index in [1.165, 1.54) is 34.6 Å². The lowest BCUT2D eigenvalue weighted by atomic mass is 9.95. The number of nitrogens with zero attached hydrogens (tertiary/aromatic N) is 1. The van der Waals surface area contributed by atoms with E-state index in [-0.39, 0.29) is 11.9 Å². The van der Waals surface area contributed by atoms with E-state index in [4.69, 9.17) is 4.74 Å². The molecule has 1 saturated heterocycles. The largest absolute Gasteiger partial charge is 0.462 e. The van der Waals surface area contributed by atoms with E-state index in [1.807, 2.05) is 24.3 Å². The van der Waals surface area contributed by atoms with Crippen molar-refractivity contribution < 1.29 is 14.3 Å². The second kappa shape index (κ2) is 9.96. The highest BCUT2D eigenvalue weighted by Gasteiger charge is 2.27. The van der Waals surface area contributed by atoms with Crippen LogP contribution < -0.4 is 5.32 Å². The Morgan fingerprint density at radius 3 is 2.68 bits per heavy atom. The highest BCUT2D eigenvalue weighted by Crippen LogP contribution is 2.38. The van der Waals surface area contributed by atoms with Crippen LogP contribution in [-0.2, 0) is 24.1 Å². The average Bonchev–Trinajstić information content (AvgIpc) is 3.12. The van der Waals surface area contributed by atoms with Gasteiger partial charge in [0.25, 0.3) is 5.91 Å². The lowest BCUT2D eigenvalue weighted by Gasteiger charge is -2.30. The number of amides is 1. The number of aryl methyl sites for hydroxylation is 1. The molecule has 0 radical (unpaired) electrons. The number of hydrogen-bond donors (Lipinski definition) is 1. The number of fused-ring (bicyclic) bond motifs is 1. The predicted molar refractivity (Wildman–Crippen MR) is 125 cm³/mol. The number of likely N-dealkylation sites (tertiary alicyclic amines) is 1. The maximum Gasteiger partial charge on any atom is 0.341 e. The van der Waals surface area contributed by atoms with Crippen LogP contribution in [0.5, 0.6) is 0 Å². The van der Waals surface area contributed by atoms with Gasteiger partial charge in [0.15, 0.2) is 0 Å². The number of nitrogens with one attached hydrogen (secondary N) is 1. The molecule has 1 aromatic carbocycles. The fourth-order valence-electron chi connectivity index (χ4n) is 4.70. The normalized spacial score (nSPS) is 19.0. The van der Waals surface area contributed by atoms with E-state index in [9.17, 15) is 9.59 Å². The minimum atomic E-state index is -0.330. The molecular formula is C25H32N2O3S. The van der Waals surface area contributed by atoms with E-state index in [1.54, 1.807) is 6.92 Å². The van der Waals surface area contributed by atoms with Crippen molar-refractivity contribution in [2.24, 2.45) is 5.92 Å². The lowest BCUT2D eigenvalue weighted by Crippen LogP contribution is -2.33. The van der Waals surface area contributed by atoms with Crippen LogP contribution in [-0.4, -0.2) is 36.5 Å². The smallest absolute Gasteiger partial charge is 0.341 e. The number of carbonyl (C=O) groups is 2. The zero-order chi connectivity index (χ0) is 21.8. The van der Waals surface area contributed by atoms with Crippen LogP contribution in [0.25, 0.3) is 0 Å². The summed E-state index contributed by atoms with van der Waals surface area (Å²) in [5.74, 6) is 0.245. The highest BCUT2D eigenvalue weighted by molar-refractivity contribution is 7.17. The lowest BCUT2D eigenvalue weighted by molar-refractivity contribution is 0.0526. The van der Waals surface area contributed by atoms with Gasteiger partial charge in [-0.25, -0.2) is 4.79 Å². The predicted octanol–water partition coefficient (Wildman–Crippen LogP) is 5.29. The fraction of sp³-hybridized carbons (Fsp3) is 0.520. The van der Waals surface area contributed by atoms with Crippen LogP contribution in [0.3, 0.4) is 0 Å². The number of piperidine rings is 1.